The Kier molecular flexibility index (Phi) is 9.33. The number of hydrogen-bond acceptors (Lipinski definition) is 5. The summed E-state index contributed by atoms with van der Waals surface area (Å²) in [6.07, 6.45) is 0. The molecule has 4 nitrogen and oxygen atoms in total. The Morgan fingerprint density at radius 3 is 2.41 bits per heavy atom. The Balaban J connectivity index is 0.000000941. The van der Waals surface area contributed by atoms with Crippen molar-refractivity contribution in [2.24, 2.45) is 0 Å². The summed E-state index contributed by atoms with van der Waals surface area (Å²) in [4.78, 5) is 17.1. The molecule has 1 amide bonds. The highest BCUT2D eigenvalue weighted by molar-refractivity contribution is 9.10. The van der Waals surface area contributed by atoms with E-state index in [0.29, 0.717) is 18.0 Å². The van der Waals surface area contributed by atoms with Crippen LogP contribution in [-0.2, 0) is 17.9 Å². The maximum absolute atomic E-state index is 12.8. The first-order chi connectivity index (χ1) is 13.9. The monoisotopic (exact) mass is 491 g/mol. The average molecular weight is 493 g/mol. The molecule has 0 spiro atoms. The minimum Gasteiger partial charge on any atom is -0.373 e. The van der Waals surface area contributed by atoms with Crippen LogP contribution >= 0.6 is 40.3 Å². The topological polar surface area (TPSA) is 47.4 Å². The van der Waals surface area contributed by atoms with E-state index in [2.05, 4.69) is 45.6 Å². The summed E-state index contributed by atoms with van der Waals surface area (Å²) in [5, 5.41) is 8.49. The van der Waals surface area contributed by atoms with Gasteiger partial charge in [0.2, 0.25) is 0 Å². The second kappa shape index (κ2) is 11.5. The Morgan fingerprint density at radius 2 is 1.79 bits per heavy atom. The van der Waals surface area contributed by atoms with Crippen LogP contribution in [0.2, 0.25) is 0 Å². The number of thiol groups is 1. The summed E-state index contributed by atoms with van der Waals surface area (Å²) in [5.74, 6) is 0.849. The van der Waals surface area contributed by atoms with Gasteiger partial charge in [-0.15, -0.1) is 0 Å². The van der Waals surface area contributed by atoms with Crippen LogP contribution in [0.3, 0.4) is 0 Å². The number of benzene rings is 2. The van der Waals surface area contributed by atoms with Crippen molar-refractivity contribution >= 4 is 51.4 Å². The van der Waals surface area contributed by atoms with Crippen molar-refractivity contribution in [3.05, 3.63) is 80.8 Å². The van der Waals surface area contributed by atoms with Gasteiger partial charge in [0.15, 0.2) is 5.17 Å². The molecule has 2 aromatic carbocycles. The molecule has 1 fully saturated rings. The summed E-state index contributed by atoms with van der Waals surface area (Å²) >= 11 is 8.52. The number of halogens is 1. The number of amides is 1. The smallest absolute Gasteiger partial charge is 0.268 e. The van der Waals surface area contributed by atoms with E-state index in [1.54, 1.807) is 0 Å². The SMILES string of the molecule is C/C(=C1\SC(=N)N(Cc2ccccc2)C1=O)N(C)Cc1cccc(Br)c1.CCS. The van der Waals surface area contributed by atoms with Crippen molar-refractivity contribution in [2.45, 2.75) is 26.9 Å². The molecule has 1 N–H and O–H groups in total. The number of nitrogens with zero attached hydrogens (tertiary/aromatic N) is 2. The molecular weight excluding hydrogens is 466 g/mol. The van der Waals surface area contributed by atoms with Gasteiger partial charge in [-0.1, -0.05) is 65.3 Å². The molecule has 0 unspecified atom stereocenters. The molecular formula is C22H26BrN3OS2. The molecule has 0 aromatic heterocycles. The quantitative estimate of drug-likeness (QED) is 0.412. The first-order valence-corrected chi connectivity index (χ1v) is 11.5. The zero-order valence-corrected chi connectivity index (χ0v) is 20.2. The van der Waals surface area contributed by atoms with Crippen molar-refractivity contribution in [3.63, 3.8) is 0 Å². The van der Waals surface area contributed by atoms with Crippen LogP contribution < -0.4 is 0 Å². The number of carbonyl (C=O) groups excluding carboxylic acids is 1. The van der Waals surface area contributed by atoms with Crippen molar-refractivity contribution in [1.29, 1.82) is 5.41 Å². The van der Waals surface area contributed by atoms with Crippen LogP contribution in [0.1, 0.15) is 25.0 Å². The predicted octanol–water partition coefficient (Wildman–Crippen LogP) is 5.76. The first kappa shape index (κ1) is 23.6. The van der Waals surface area contributed by atoms with Crippen LogP contribution in [0.15, 0.2) is 69.7 Å². The largest absolute Gasteiger partial charge is 0.373 e. The summed E-state index contributed by atoms with van der Waals surface area (Å²) in [5.41, 5.74) is 3.07. The van der Waals surface area contributed by atoms with Gasteiger partial charge in [0.1, 0.15) is 0 Å². The molecule has 1 saturated heterocycles. The zero-order chi connectivity index (χ0) is 21.4. The van der Waals surface area contributed by atoms with Gasteiger partial charge in [0, 0.05) is 23.8 Å². The van der Waals surface area contributed by atoms with E-state index < -0.39 is 0 Å². The molecule has 2 aromatic rings. The van der Waals surface area contributed by atoms with E-state index in [0.717, 1.165) is 27.0 Å². The predicted molar refractivity (Wildman–Crippen MR) is 130 cm³/mol. The highest BCUT2D eigenvalue weighted by atomic mass is 79.9. The Morgan fingerprint density at radius 1 is 1.17 bits per heavy atom. The lowest BCUT2D eigenvalue weighted by Gasteiger charge is -2.21. The van der Waals surface area contributed by atoms with E-state index in [9.17, 15) is 4.79 Å². The lowest BCUT2D eigenvalue weighted by molar-refractivity contribution is -0.122. The molecule has 3 rings (SSSR count). The molecule has 0 saturated carbocycles. The maximum Gasteiger partial charge on any atom is 0.268 e. The van der Waals surface area contributed by atoms with Crippen LogP contribution in [0.25, 0.3) is 0 Å². The molecule has 0 atom stereocenters. The Bertz CT molecular complexity index is 887. The maximum atomic E-state index is 12.8. The summed E-state index contributed by atoms with van der Waals surface area (Å²) in [6.45, 7) is 5.06. The summed E-state index contributed by atoms with van der Waals surface area (Å²) in [6, 6.07) is 17.9. The number of nitrogens with one attached hydrogen (secondary N) is 1. The minimum atomic E-state index is -0.0950. The van der Waals surface area contributed by atoms with Crippen molar-refractivity contribution in [3.8, 4) is 0 Å². The van der Waals surface area contributed by atoms with Gasteiger partial charge in [0.25, 0.3) is 5.91 Å². The molecule has 1 aliphatic rings. The molecule has 1 heterocycles. The molecule has 154 valence electrons. The molecule has 29 heavy (non-hydrogen) atoms. The third-order valence-corrected chi connectivity index (χ3v) is 5.86. The zero-order valence-electron chi connectivity index (χ0n) is 16.9. The molecule has 0 radical (unpaired) electrons. The highest BCUT2D eigenvalue weighted by Crippen LogP contribution is 2.34. The number of thioether (sulfide) groups is 1. The minimum absolute atomic E-state index is 0.0950. The van der Waals surface area contributed by atoms with E-state index in [-0.39, 0.29) is 11.1 Å². The number of hydrogen-bond donors (Lipinski definition) is 2. The second-order valence-electron chi connectivity index (χ2n) is 6.50. The van der Waals surface area contributed by atoms with Gasteiger partial charge < -0.3 is 4.90 Å². The van der Waals surface area contributed by atoms with E-state index in [1.165, 1.54) is 16.7 Å². The molecule has 0 aliphatic carbocycles. The first-order valence-electron chi connectivity index (χ1n) is 9.26. The Hall–Kier alpha value is -1.70. The van der Waals surface area contributed by atoms with Crippen molar-refractivity contribution < 1.29 is 4.79 Å². The van der Waals surface area contributed by atoms with Crippen molar-refractivity contribution in [2.75, 3.05) is 12.8 Å². The van der Waals surface area contributed by atoms with Gasteiger partial charge in [-0.25, -0.2) is 0 Å². The summed E-state index contributed by atoms with van der Waals surface area (Å²) in [7, 11) is 1.97. The highest BCUT2D eigenvalue weighted by Gasteiger charge is 2.34. The summed E-state index contributed by atoms with van der Waals surface area (Å²) < 4.78 is 1.04. The van der Waals surface area contributed by atoms with Gasteiger partial charge >= 0.3 is 0 Å². The number of carbonyl (C=O) groups is 1. The van der Waals surface area contributed by atoms with E-state index in [1.807, 2.05) is 63.4 Å². The van der Waals surface area contributed by atoms with Gasteiger partial charge in [-0.2, -0.15) is 12.6 Å². The van der Waals surface area contributed by atoms with Crippen molar-refractivity contribution in [1.82, 2.24) is 9.80 Å². The number of rotatable bonds is 5. The number of allylic oxidation sites excluding steroid dienone is 1. The molecule has 7 heteroatoms. The normalized spacial score (nSPS) is 15.1. The second-order valence-corrected chi connectivity index (χ2v) is 9.05. The molecule has 0 bridgehead atoms. The van der Waals surface area contributed by atoms with E-state index in [4.69, 9.17) is 5.41 Å². The van der Waals surface area contributed by atoms with Crippen LogP contribution in [0.5, 0.6) is 0 Å². The van der Waals surface area contributed by atoms with Gasteiger partial charge in [-0.05, 0) is 47.7 Å². The van der Waals surface area contributed by atoms with Gasteiger partial charge in [0.05, 0.1) is 11.4 Å². The fourth-order valence-corrected chi connectivity index (χ4v) is 4.15. The third kappa shape index (κ3) is 6.66. The van der Waals surface area contributed by atoms with Crippen LogP contribution in [-0.4, -0.2) is 33.7 Å². The Labute approximate surface area is 191 Å². The standard InChI is InChI=1S/C20H20BrN3OS.C2H6S/c1-14(23(2)12-16-9-6-10-17(21)11-16)18-19(25)24(20(22)26-18)13-15-7-4-3-5-8-15;1-2-3/h3-11,22H,12-13H2,1-2H3;3H,2H2,1H3/b18-14+,22-20?;. The fourth-order valence-electron chi connectivity index (χ4n) is 2.75. The van der Waals surface area contributed by atoms with E-state index >= 15 is 0 Å². The third-order valence-electron chi connectivity index (χ3n) is 4.28. The molecule has 1 aliphatic heterocycles. The van der Waals surface area contributed by atoms with Gasteiger partial charge in [-0.3, -0.25) is 15.1 Å². The van der Waals surface area contributed by atoms with Crippen LogP contribution in [0.4, 0.5) is 0 Å². The fraction of sp³-hybridized carbons (Fsp3) is 0.273. The van der Waals surface area contributed by atoms with Crippen LogP contribution in [0, 0.1) is 5.41 Å². The lowest BCUT2D eigenvalue weighted by Crippen LogP contribution is -2.29. The lowest BCUT2D eigenvalue weighted by atomic mass is 10.2. The average Bonchev–Trinajstić information content (AvgIpc) is 2.97. The number of amidine groups is 1.